The molecule has 4 heteroatoms. The molecule has 1 heterocycles. The number of carbonyl (C=O) groups excluding carboxylic acids is 1. The molecule has 0 aromatic heterocycles. The highest BCUT2D eigenvalue weighted by Gasteiger charge is 2.30. The van der Waals surface area contributed by atoms with Crippen LogP contribution in [0, 0.1) is 6.92 Å². The van der Waals surface area contributed by atoms with Crippen LogP contribution in [0.5, 0.6) is 0 Å². The van der Waals surface area contributed by atoms with E-state index in [2.05, 4.69) is 31.5 Å². The summed E-state index contributed by atoms with van der Waals surface area (Å²) in [4.78, 5) is 12.4. The fraction of sp³-hybridized carbons (Fsp3) is 0.409. The van der Waals surface area contributed by atoms with Gasteiger partial charge in [0.2, 0.25) is 0 Å². The summed E-state index contributed by atoms with van der Waals surface area (Å²) in [7, 11) is 4.59. The van der Waals surface area contributed by atoms with Gasteiger partial charge in [0.1, 0.15) is 6.54 Å². The first-order valence-corrected chi connectivity index (χ1v) is 9.31. The molecule has 138 valence electrons. The molecule has 0 atom stereocenters. The lowest BCUT2D eigenvalue weighted by Crippen LogP contribution is -2.50. The molecular weight excluding hydrogens is 324 g/mol. The third kappa shape index (κ3) is 4.71. The van der Waals surface area contributed by atoms with Gasteiger partial charge in [0.05, 0.1) is 33.4 Å². The molecule has 0 spiro atoms. The largest absolute Gasteiger partial charge is 0.381 e. The van der Waals surface area contributed by atoms with Crippen molar-refractivity contribution in [1.82, 2.24) is 0 Å². The molecule has 1 amide bonds. The zero-order valence-corrected chi connectivity index (χ0v) is 16.0. The van der Waals surface area contributed by atoms with Gasteiger partial charge in [0.15, 0.2) is 0 Å². The first-order chi connectivity index (χ1) is 12.4. The monoisotopic (exact) mass is 353 g/mol. The second kappa shape index (κ2) is 8.02. The number of carbonyl (C=O) groups is 1. The van der Waals surface area contributed by atoms with Crippen molar-refractivity contribution in [3.8, 4) is 0 Å². The van der Waals surface area contributed by atoms with Gasteiger partial charge in [-0.2, -0.15) is 0 Å². The van der Waals surface area contributed by atoms with Crippen LogP contribution in [0.4, 0.5) is 5.69 Å². The van der Waals surface area contributed by atoms with Crippen LogP contribution in [0.25, 0.3) is 0 Å². The molecule has 0 aliphatic carbocycles. The number of nitrogens with one attached hydrogen (secondary N) is 1. The van der Waals surface area contributed by atoms with Gasteiger partial charge in [-0.3, -0.25) is 4.79 Å². The SMILES string of the molecule is Cc1cccc(C(=O)Nc2ccc(C[N+](C)(C)C3CCOCC3)cc2)c1. The predicted molar refractivity (Wildman–Crippen MR) is 105 cm³/mol. The van der Waals surface area contributed by atoms with Crippen molar-refractivity contribution in [3.05, 3.63) is 65.2 Å². The minimum atomic E-state index is -0.0697. The second-order valence-corrected chi connectivity index (χ2v) is 7.80. The van der Waals surface area contributed by atoms with E-state index in [9.17, 15) is 4.79 Å². The normalized spacial score (nSPS) is 15.7. The maximum Gasteiger partial charge on any atom is 0.255 e. The highest BCUT2D eigenvalue weighted by atomic mass is 16.5. The summed E-state index contributed by atoms with van der Waals surface area (Å²) in [5, 5.41) is 2.98. The lowest BCUT2D eigenvalue weighted by atomic mass is 10.0. The zero-order valence-electron chi connectivity index (χ0n) is 16.0. The smallest absolute Gasteiger partial charge is 0.255 e. The van der Waals surface area contributed by atoms with Crippen LogP contribution < -0.4 is 5.32 Å². The summed E-state index contributed by atoms with van der Waals surface area (Å²) in [5.74, 6) is -0.0697. The van der Waals surface area contributed by atoms with E-state index in [4.69, 9.17) is 4.74 Å². The number of rotatable bonds is 5. The molecule has 2 aromatic carbocycles. The third-order valence-corrected chi connectivity index (χ3v) is 5.26. The van der Waals surface area contributed by atoms with Gasteiger partial charge in [-0.1, -0.05) is 29.8 Å². The lowest BCUT2D eigenvalue weighted by molar-refractivity contribution is -0.929. The molecular formula is C22H29N2O2+. The Hall–Kier alpha value is -2.17. The van der Waals surface area contributed by atoms with E-state index in [1.165, 1.54) is 5.56 Å². The lowest BCUT2D eigenvalue weighted by Gasteiger charge is -2.40. The van der Waals surface area contributed by atoms with Crippen LogP contribution in [0.3, 0.4) is 0 Å². The Kier molecular flexibility index (Phi) is 5.74. The van der Waals surface area contributed by atoms with E-state index < -0.39 is 0 Å². The average Bonchev–Trinajstić information content (AvgIpc) is 2.64. The minimum Gasteiger partial charge on any atom is -0.381 e. The molecule has 0 unspecified atom stereocenters. The molecule has 26 heavy (non-hydrogen) atoms. The predicted octanol–water partition coefficient (Wildman–Crippen LogP) is 4.00. The van der Waals surface area contributed by atoms with E-state index >= 15 is 0 Å². The van der Waals surface area contributed by atoms with Gasteiger partial charge in [-0.05, 0) is 31.2 Å². The van der Waals surface area contributed by atoms with E-state index in [0.29, 0.717) is 11.6 Å². The van der Waals surface area contributed by atoms with Crippen LogP contribution in [0.2, 0.25) is 0 Å². The Balaban J connectivity index is 1.62. The zero-order chi connectivity index (χ0) is 18.6. The van der Waals surface area contributed by atoms with Crippen molar-refractivity contribution in [2.45, 2.75) is 32.4 Å². The molecule has 1 aliphatic rings. The number of hydrogen-bond acceptors (Lipinski definition) is 2. The first-order valence-electron chi connectivity index (χ1n) is 9.31. The van der Waals surface area contributed by atoms with Crippen LogP contribution in [-0.4, -0.2) is 43.7 Å². The van der Waals surface area contributed by atoms with Gasteiger partial charge in [0, 0.05) is 29.7 Å². The molecule has 1 N–H and O–H groups in total. The van der Waals surface area contributed by atoms with Crippen molar-refractivity contribution in [2.75, 3.05) is 32.6 Å². The van der Waals surface area contributed by atoms with Gasteiger partial charge in [-0.15, -0.1) is 0 Å². The summed E-state index contributed by atoms with van der Waals surface area (Å²) < 4.78 is 6.46. The summed E-state index contributed by atoms with van der Waals surface area (Å²) in [5.41, 5.74) is 3.89. The molecule has 0 radical (unpaired) electrons. The van der Waals surface area contributed by atoms with Gasteiger partial charge >= 0.3 is 0 Å². The van der Waals surface area contributed by atoms with Crippen molar-refractivity contribution >= 4 is 11.6 Å². The Morgan fingerprint density at radius 1 is 1.12 bits per heavy atom. The molecule has 4 nitrogen and oxygen atoms in total. The average molecular weight is 353 g/mol. The highest BCUT2D eigenvalue weighted by molar-refractivity contribution is 6.04. The van der Waals surface area contributed by atoms with Gasteiger partial charge in [0.25, 0.3) is 5.91 Å². The topological polar surface area (TPSA) is 38.3 Å². The van der Waals surface area contributed by atoms with E-state index in [0.717, 1.165) is 48.3 Å². The maximum atomic E-state index is 12.4. The Bertz CT molecular complexity index is 747. The molecule has 1 aliphatic heterocycles. The van der Waals surface area contributed by atoms with Crippen LogP contribution in [0.1, 0.15) is 34.3 Å². The number of amides is 1. The number of benzene rings is 2. The molecule has 0 bridgehead atoms. The van der Waals surface area contributed by atoms with E-state index in [-0.39, 0.29) is 5.91 Å². The third-order valence-electron chi connectivity index (χ3n) is 5.26. The number of quaternary nitrogens is 1. The van der Waals surface area contributed by atoms with Crippen LogP contribution >= 0.6 is 0 Å². The maximum absolute atomic E-state index is 12.4. The van der Waals surface area contributed by atoms with Crippen molar-refractivity contribution < 1.29 is 14.0 Å². The van der Waals surface area contributed by atoms with E-state index in [1.807, 2.05) is 43.3 Å². The van der Waals surface area contributed by atoms with Gasteiger partial charge < -0.3 is 14.5 Å². The number of hydrogen-bond donors (Lipinski definition) is 1. The van der Waals surface area contributed by atoms with Crippen molar-refractivity contribution in [2.24, 2.45) is 0 Å². The summed E-state index contributed by atoms with van der Waals surface area (Å²) in [6, 6.07) is 16.5. The fourth-order valence-corrected chi connectivity index (χ4v) is 3.67. The molecule has 2 aromatic rings. The highest BCUT2D eigenvalue weighted by Crippen LogP contribution is 2.23. The first kappa shape index (κ1) is 18.6. The Morgan fingerprint density at radius 3 is 2.46 bits per heavy atom. The molecule has 1 fully saturated rings. The van der Waals surface area contributed by atoms with Gasteiger partial charge in [-0.25, -0.2) is 0 Å². The fourth-order valence-electron chi connectivity index (χ4n) is 3.67. The Labute approximate surface area is 156 Å². The number of anilines is 1. The summed E-state index contributed by atoms with van der Waals surface area (Å²) in [6.45, 7) is 4.72. The minimum absolute atomic E-state index is 0.0697. The number of ether oxygens (including phenoxy) is 1. The van der Waals surface area contributed by atoms with E-state index in [1.54, 1.807) is 0 Å². The standard InChI is InChI=1S/C22H28N2O2/c1-17-5-4-6-19(15-17)22(25)23-20-9-7-18(8-10-20)16-24(2,3)21-11-13-26-14-12-21/h4-10,15,21H,11-14,16H2,1-3H3/p+1. The van der Waals surface area contributed by atoms with Crippen LogP contribution in [-0.2, 0) is 11.3 Å². The van der Waals surface area contributed by atoms with Crippen LogP contribution in [0.15, 0.2) is 48.5 Å². The second-order valence-electron chi connectivity index (χ2n) is 7.80. The number of aryl methyl sites for hydroxylation is 1. The summed E-state index contributed by atoms with van der Waals surface area (Å²) >= 11 is 0. The van der Waals surface area contributed by atoms with Crippen molar-refractivity contribution in [3.63, 3.8) is 0 Å². The summed E-state index contributed by atoms with van der Waals surface area (Å²) in [6.07, 6.45) is 2.25. The quantitative estimate of drug-likeness (QED) is 0.825. The number of nitrogens with zero attached hydrogens (tertiary/aromatic N) is 1. The van der Waals surface area contributed by atoms with Crippen molar-refractivity contribution in [1.29, 1.82) is 0 Å². The molecule has 0 saturated carbocycles. The Morgan fingerprint density at radius 2 is 1.81 bits per heavy atom. The molecule has 1 saturated heterocycles. The molecule has 3 rings (SSSR count).